The molecule has 58 heavy (non-hydrogen) atoms. The van der Waals surface area contributed by atoms with Crippen molar-refractivity contribution in [2.24, 2.45) is 0 Å². The molecule has 6 aromatic carbocycles. The second kappa shape index (κ2) is 17.2. The lowest BCUT2D eigenvalue weighted by atomic mass is 9.82. The van der Waals surface area contributed by atoms with Crippen LogP contribution in [-0.4, -0.2) is 26.4 Å². The molecule has 296 valence electrons. The third-order valence-corrected chi connectivity index (χ3v) is 10.7. The van der Waals surface area contributed by atoms with Crippen molar-refractivity contribution in [3.63, 3.8) is 0 Å². The van der Waals surface area contributed by atoms with Gasteiger partial charge >= 0.3 is 0 Å². The molecule has 0 spiro atoms. The van der Waals surface area contributed by atoms with E-state index in [1.807, 2.05) is 48.5 Å². The molecule has 2 aliphatic heterocycles. The summed E-state index contributed by atoms with van der Waals surface area (Å²) in [5, 5.41) is 2.05. The van der Waals surface area contributed by atoms with Crippen molar-refractivity contribution in [2.75, 3.05) is 26.4 Å². The highest BCUT2D eigenvalue weighted by Crippen LogP contribution is 2.51. The van der Waals surface area contributed by atoms with E-state index in [4.69, 9.17) is 28.4 Å². The molecule has 0 saturated carbocycles. The monoisotopic (exact) mass is 772 g/mol. The first-order chi connectivity index (χ1) is 28.5. The Morgan fingerprint density at radius 2 is 0.793 bits per heavy atom. The van der Waals surface area contributed by atoms with Gasteiger partial charge in [0, 0.05) is 38.8 Å². The molecule has 2 aliphatic rings. The van der Waals surface area contributed by atoms with Crippen molar-refractivity contribution in [1.29, 1.82) is 0 Å². The van der Waals surface area contributed by atoms with Gasteiger partial charge in [-0.3, -0.25) is 0 Å². The molecule has 6 heteroatoms. The molecule has 6 aromatic rings. The van der Waals surface area contributed by atoms with Gasteiger partial charge in [0.1, 0.15) is 34.5 Å². The largest absolute Gasteiger partial charge is 0.494 e. The molecule has 0 unspecified atom stereocenters. The average molecular weight is 773 g/mol. The van der Waals surface area contributed by atoms with Gasteiger partial charge in [-0.15, -0.1) is 0 Å². The Balaban J connectivity index is 1.24. The van der Waals surface area contributed by atoms with E-state index in [2.05, 4.69) is 125 Å². The molecular formula is C52H52O6. The number of fused-ring (bicyclic) bond motifs is 5. The smallest absolute Gasteiger partial charge is 0.178 e. The number of hydrogen-bond donors (Lipinski definition) is 0. The number of benzene rings is 6. The van der Waals surface area contributed by atoms with Gasteiger partial charge < -0.3 is 28.4 Å². The summed E-state index contributed by atoms with van der Waals surface area (Å²) >= 11 is 0. The Bertz CT molecular complexity index is 2270. The van der Waals surface area contributed by atoms with Gasteiger partial charge in [-0.05, 0) is 104 Å². The van der Waals surface area contributed by atoms with Gasteiger partial charge in [0.05, 0.1) is 26.4 Å². The normalized spacial score (nSPS) is 14.5. The molecule has 0 N–H and O–H groups in total. The van der Waals surface area contributed by atoms with Crippen molar-refractivity contribution < 1.29 is 28.4 Å². The maximum Gasteiger partial charge on any atom is 0.178 e. The Hall–Kier alpha value is -6.14. The van der Waals surface area contributed by atoms with E-state index < -0.39 is 11.2 Å². The SMILES string of the molecule is CCCOc1ccc(C2(c3ccc(OCCC)cc3)C=Cc3c(ccc4ccc5c(c34)OC(c3ccc(OCCC)cc3)(c3ccc(OCCC)cc3)C=C5)O2)cc1. The zero-order chi connectivity index (χ0) is 40.0. The van der Waals surface area contributed by atoms with Crippen molar-refractivity contribution in [2.45, 2.75) is 64.6 Å². The number of hydrogen-bond acceptors (Lipinski definition) is 6. The van der Waals surface area contributed by atoms with Crippen LogP contribution in [0, 0.1) is 0 Å². The van der Waals surface area contributed by atoms with Gasteiger partial charge in [-0.2, -0.15) is 0 Å². The molecule has 0 aliphatic carbocycles. The minimum atomic E-state index is -0.928. The number of ether oxygens (including phenoxy) is 6. The summed E-state index contributed by atoms with van der Waals surface area (Å²) in [7, 11) is 0. The summed E-state index contributed by atoms with van der Waals surface area (Å²) in [6.07, 6.45) is 12.5. The summed E-state index contributed by atoms with van der Waals surface area (Å²) in [5.41, 5.74) is 4.10. The highest BCUT2D eigenvalue weighted by atomic mass is 16.5. The van der Waals surface area contributed by atoms with E-state index in [-0.39, 0.29) is 0 Å². The zero-order valence-electron chi connectivity index (χ0n) is 34.0. The van der Waals surface area contributed by atoms with Crippen LogP contribution in [0.25, 0.3) is 22.9 Å². The van der Waals surface area contributed by atoms with Crippen LogP contribution in [-0.2, 0) is 11.2 Å². The third kappa shape index (κ3) is 7.51. The van der Waals surface area contributed by atoms with Crippen LogP contribution < -0.4 is 28.4 Å². The highest BCUT2D eigenvalue weighted by Gasteiger charge is 2.41. The Labute approximate surface area is 342 Å². The molecule has 0 saturated heterocycles. The Morgan fingerprint density at radius 3 is 1.21 bits per heavy atom. The maximum atomic E-state index is 7.44. The second-order valence-corrected chi connectivity index (χ2v) is 14.9. The van der Waals surface area contributed by atoms with Crippen molar-refractivity contribution in [3.05, 3.63) is 167 Å². The third-order valence-electron chi connectivity index (χ3n) is 10.7. The van der Waals surface area contributed by atoms with Gasteiger partial charge in [-0.25, -0.2) is 0 Å². The van der Waals surface area contributed by atoms with Crippen LogP contribution >= 0.6 is 0 Å². The fourth-order valence-electron chi connectivity index (χ4n) is 7.74. The molecule has 0 amide bonds. The van der Waals surface area contributed by atoms with Gasteiger partial charge in [0.25, 0.3) is 0 Å². The van der Waals surface area contributed by atoms with Crippen molar-refractivity contribution in [3.8, 4) is 34.5 Å². The summed E-state index contributed by atoms with van der Waals surface area (Å²) in [6, 6.07) is 41.6. The van der Waals surface area contributed by atoms with Crippen molar-refractivity contribution >= 4 is 22.9 Å². The van der Waals surface area contributed by atoms with E-state index in [1.165, 1.54) is 0 Å². The van der Waals surface area contributed by atoms with Crippen molar-refractivity contribution in [1.82, 2.24) is 0 Å². The summed E-state index contributed by atoms with van der Waals surface area (Å²) < 4.78 is 38.6. The Morgan fingerprint density at radius 1 is 0.414 bits per heavy atom. The fraction of sp³-hybridized carbons (Fsp3) is 0.269. The van der Waals surface area contributed by atoms with E-state index in [0.29, 0.717) is 26.4 Å². The quantitative estimate of drug-likeness (QED) is 0.0976. The van der Waals surface area contributed by atoms with E-state index >= 15 is 0 Å². The summed E-state index contributed by atoms with van der Waals surface area (Å²) in [4.78, 5) is 0. The summed E-state index contributed by atoms with van der Waals surface area (Å²) in [6.45, 7) is 11.1. The van der Waals surface area contributed by atoms with Crippen LogP contribution in [0.5, 0.6) is 34.5 Å². The average Bonchev–Trinajstić information content (AvgIpc) is 3.28. The van der Waals surface area contributed by atoms with Crippen LogP contribution in [0.2, 0.25) is 0 Å². The van der Waals surface area contributed by atoms with E-state index in [9.17, 15) is 0 Å². The summed E-state index contributed by atoms with van der Waals surface area (Å²) in [5.74, 6) is 4.90. The first kappa shape index (κ1) is 38.7. The highest BCUT2D eigenvalue weighted by molar-refractivity contribution is 6.01. The number of rotatable bonds is 16. The topological polar surface area (TPSA) is 55.4 Å². The minimum Gasteiger partial charge on any atom is -0.494 e. The lowest BCUT2D eigenvalue weighted by Crippen LogP contribution is -2.35. The fourth-order valence-corrected chi connectivity index (χ4v) is 7.74. The van der Waals surface area contributed by atoms with Crippen LogP contribution in [0.1, 0.15) is 86.8 Å². The van der Waals surface area contributed by atoms with Crippen LogP contribution in [0.3, 0.4) is 0 Å². The first-order valence-electron chi connectivity index (χ1n) is 20.8. The Kier molecular flexibility index (Phi) is 11.5. The standard InChI is InChI=1S/C52H52O6/c1-5-33-53-43-20-12-39(13-21-43)51(40-14-22-44(23-15-40)54-34-6-2)32-30-47-48(57-51)28-11-37-9-10-38-29-31-52(58-50(38)49(37)47,41-16-24-45(25-17-41)55-35-7-3)42-18-26-46(27-19-42)56-36-8-4/h9-32H,5-8,33-36H2,1-4H3. The van der Waals surface area contributed by atoms with Gasteiger partial charge in [0.15, 0.2) is 11.2 Å². The zero-order valence-corrected chi connectivity index (χ0v) is 34.0. The second-order valence-electron chi connectivity index (χ2n) is 14.9. The molecule has 0 fully saturated rings. The molecule has 0 radical (unpaired) electrons. The molecule has 0 aromatic heterocycles. The molecule has 0 bridgehead atoms. The lowest BCUT2D eigenvalue weighted by molar-refractivity contribution is 0.159. The van der Waals surface area contributed by atoms with Gasteiger partial charge in [0.2, 0.25) is 0 Å². The molecule has 0 atom stereocenters. The predicted molar refractivity (Wildman–Crippen MR) is 234 cm³/mol. The van der Waals surface area contributed by atoms with Gasteiger partial charge in [-0.1, -0.05) is 101 Å². The van der Waals surface area contributed by atoms with Crippen LogP contribution in [0.15, 0.2) is 133 Å². The lowest BCUT2D eigenvalue weighted by Gasteiger charge is -2.38. The molecule has 8 rings (SSSR count). The molecular weight excluding hydrogens is 721 g/mol. The van der Waals surface area contributed by atoms with E-state index in [1.54, 1.807) is 0 Å². The van der Waals surface area contributed by atoms with Crippen LogP contribution in [0.4, 0.5) is 0 Å². The maximum absolute atomic E-state index is 7.44. The molecule has 2 heterocycles. The van der Waals surface area contributed by atoms with E-state index in [0.717, 1.165) is 104 Å². The minimum absolute atomic E-state index is 0.666. The predicted octanol–water partition coefficient (Wildman–Crippen LogP) is 12.7. The molecule has 6 nitrogen and oxygen atoms in total. The first-order valence-corrected chi connectivity index (χ1v) is 20.8.